The third-order valence-corrected chi connectivity index (χ3v) is 1.89. The smallest absolute Gasteiger partial charge is 0.0406 e. The predicted molar refractivity (Wildman–Crippen MR) is 55.4 cm³/mol. The Hall–Kier alpha value is -0.750. The zero-order chi connectivity index (χ0) is 8.81. The second kappa shape index (κ2) is 5.00. The van der Waals surface area contributed by atoms with Crippen LogP contribution in [0.1, 0.15) is 25.3 Å². The Morgan fingerprint density at radius 2 is 1.92 bits per heavy atom. The van der Waals surface area contributed by atoms with Gasteiger partial charge in [0.1, 0.15) is 0 Å². The maximum Gasteiger partial charge on any atom is 0.0406 e. The van der Waals surface area contributed by atoms with Crippen LogP contribution in [0.3, 0.4) is 0 Å². The maximum absolute atomic E-state index is 5.75. The van der Waals surface area contributed by atoms with Crippen LogP contribution < -0.4 is 0 Å². The highest BCUT2D eigenvalue weighted by molar-refractivity contribution is 6.30. The summed E-state index contributed by atoms with van der Waals surface area (Å²) in [7, 11) is 0. The number of benzene rings is 1. The molecule has 0 heterocycles. The number of hydrogen-bond acceptors (Lipinski definition) is 0. The van der Waals surface area contributed by atoms with Crippen LogP contribution >= 0.6 is 11.6 Å². The standard InChI is InChI=1S/C11H13Cl/c1-2-3-4-5-10-6-8-11(12)9-7-10/h4-9H,2-3H2,1H3/b5-4-. The summed E-state index contributed by atoms with van der Waals surface area (Å²) in [5.41, 5.74) is 1.22. The van der Waals surface area contributed by atoms with Crippen molar-refractivity contribution in [3.8, 4) is 0 Å². The summed E-state index contributed by atoms with van der Waals surface area (Å²) in [6.45, 7) is 2.17. The number of allylic oxidation sites excluding steroid dienone is 1. The van der Waals surface area contributed by atoms with Gasteiger partial charge in [-0.05, 0) is 24.1 Å². The Morgan fingerprint density at radius 3 is 2.50 bits per heavy atom. The highest BCUT2D eigenvalue weighted by Gasteiger charge is 1.86. The minimum absolute atomic E-state index is 0.794. The van der Waals surface area contributed by atoms with Crippen LogP contribution in [0.5, 0.6) is 0 Å². The van der Waals surface area contributed by atoms with Gasteiger partial charge in [0.05, 0.1) is 0 Å². The zero-order valence-corrected chi connectivity index (χ0v) is 8.01. The molecule has 1 rings (SSSR count). The summed E-state index contributed by atoms with van der Waals surface area (Å²) < 4.78 is 0. The van der Waals surface area contributed by atoms with Crippen LogP contribution in [0, 0.1) is 0 Å². The van der Waals surface area contributed by atoms with Crippen molar-refractivity contribution < 1.29 is 0 Å². The summed E-state index contributed by atoms with van der Waals surface area (Å²) in [5.74, 6) is 0. The van der Waals surface area contributed by atoms with Crippen LogP contribution in [0.25, 0.3) is 6.08 Å². The van der Waals surface area contributed by atoms with Gasteiger partial charge in [-0.25, -0.2) is 0 Å². The highest BCUT2D eigenvalue weighted by Crippen LogP contribution is 2.10. The molecule has 0 spiro atoms. The summed E-state index contributed by atoms with van der Waals surface area (Å²) in [4.78, 5) is 0. The third kappa shape index (κ3) is 3.10. The Bertz CT molecular complexity index is 246. The van der Waals surface area contributed by atoms with E-state index < -0.39 is 0 Å². The van der Waals surface area contributed by atoms with E-state index in [2.05, 4.69) is 19.1 Å². The van der Waals surface area contributed by atoms with E-state index in [9.17, 15) is 0 Å². The van der Waals surface area contributed by atoms with E-state index in [1.54, 1.807) is 0 Å². The molecule has 0 aliphatic rings. The van der Waals surface area contributed by atoms with Gasteiger partial charge in [-0.1, -0.05) is 49.2 Å². The monoisotopic (exact) mass is 180 g/mol. The number of unbranched alkanes of at least 4 members (excludes halogenated alkanes) is 1. The van der Waals surface area contributed by atoms with Gasteiger partial charge in [0.25, 0.3) is 0 Å². The Balaban J connectivity index is 2.58. The molecule has 1 aromatic carbocycles. The highest BCUT2D eigenvalue weighted by atomic mass is 35.5. The largest absolute Gasteiger partial charge is 0.0843 e. The normalized spacial score (nSPS) is 10.8. The molecule has 0 unspecified atom stereocenters. The summed E-state index contributed by atoms with van der Waals surface area (Å²) in [5, 5.41) is 0.794. The van der Waals surface area contributed by atoms with E-state index in [4.69, 9.17) is 11.6 Å². The number of rotatable bonds is 3. The lowest BCUT2D eigenvalue weighted by Gasteiger charge is -1.92. The molecule has 0 amide bonds. The van der Waals surface area contributed by atoms with Crippen LogP contribution in [-0.4, -0.2) is 0 Å². The molecule has 0 saturated heterocycles. The van der Waals surface area contributed by atoms with Crippen molar-refractivity contribution in [3.63, 3.8) is 0 Å². The molecule has 0 fully saturated rings. The minimum atomic E-state index is 0.794. The van der Waals surface area contributed by atoms with E-state index in [1.165, 1.54) is 12.0 Å². The third-order valence-electron chi connectivity index (χ3n) is 1.64. The molecule has 64 valence electrons. The number of hydrogen-bond donors (Lipinski definition) is 0. The van der Waals surface area contributed by atoms with E-state index in [0.29, 0.717) is 0 Å². The first-order valence-corrected chi connectivity index (χ1v) is 4.63. The van der Waals surface area contributed by atoms with E-state index in [0.717, 1.165) is 11.4 Å². The fourth-order valence-corrected chi connectivity index (χ4v) is 1.09. The average molecular weight is 181 g/mol. The van der Waals surface area contributed by atoms with Gasteiger partial charge in [-0.3, -0.25) is 0 Å². The first-order valence-electron chi connectivity index (χ1n) is 4.25. The van der Waals surface area contributed by atoms with Crippen molar-refractivity contribution in [2.45, 2.75) is 19.8 Å². The lowest BCUT2D eigenvalue weighted by atomic mass is 10.2. The molecular weight excluding hydrogens is 168 g/mol. The van der Waals surface area contributed by atoms with Crippen molar-refractivity contribution in [1.29, 1.82) is 0 Å². The zero-order valence-electron chi connectivity index (χ0n) is 7.26. The molecule has 12 heavy (non-hydrogen) atoms. The van der Waals surface area contributed by atoms with Crippen molar-refractivity contribution in [2.24, 2.45) is 0 Å². The number of halogens is 1. The van der Waals surface area contributed by atoms with Crippen molar-refractivity contribution in [3.05, 3.63) is 40.9 Å². The first-order chi connectivity index (χ1) is 5.83. The lowest BCUT2D eigenvalue weighted by Crippen LogP contribution is -1.70. The molecule has 0 atom stereocenters. The second-order valence-corrected chi connectivity index (χ2v) is 3.18. The second-order valence-electron chi connectivity index (χ2n) is 2.74. The van der Waals surface area contributed by atoms with E-state index in [-0.39, 0.29) is 0 Å². The molecule has 0 aromatic heterocycles. The van der Waals surface area contributed by atoms with Gasteiger partial charge in [0.15, 0.2) is 0 Å². The Kier molecular flexibility index (Phi) is 3.89. The Morgan fingerprint density at radius 1 is 1.25 bits per heavy atom. The van der Waals surface area contributed by atoms with Crippen molar-refractivity contribution >= 4 is 17.7 Å². The van der Waals surface area contributed by atoms with Gasteiger partial charge < -0.3 is 0 Å². The molecule has 1 heteroatoms. The van der Waals surface area contributed by atoms with Gasteiger partial charge in [0, 0.05) is 5.02 Å². The van der Waals surface area contributed by atoms with E-state index in [1.807, 2.05) is 24.3 Å². The topological polar surface area (TPSA) is 0 Å². The fourth-order valence-electron chi connectivity index (χ4n) is 0.960. The quantitative estimate of drug-likeness (QED) is 0.656. The first kappa shape index (κ1) is 9.34. The van der Waals surface area contributed by atoms with E-state index >= 15 is 0 Å². The molecule has 0 N–H and O–H groups in total. The van der Waals surface area contributed by atoms with Gasteiger partial charge in [-0.15, -0.1) is 0 Å². The van der Waals surface area contributed by atoms with Crippen LogP contribution in [0.4, 0.5) is 0 Å². The van der Waals surface area contributed by atoms with Crippen LogP contribution in [0.2, 0.25) is 5.02 Å². The fraction of sp³-hybridized carbons (Fsp3) is 0.273. The molecule has 0 aliphatic heterocycles. The molecule has 0 saturated carbocycles. The summed E-state index contributed by atoms with van der Waals surface area (Å²) in [6, 6.07) is 7.86. The van der Waals surface area contributed by atoms with Gasteiger partial charge >= 0.3 is 0 Å². The Labute approximate surface area is 78.9 Å². The molecule has 0 nitrogen and oxygen atoms in total. The predicted octanol–water partition coefficient (Wildman–Crippen LogP) is 4.15. The van der Waals surface area contributed by atoms with Crippen LogP contribution in [0.15, 0.2) is 30.3 Å². The average Bonchev–Trinajstić information content (AvgIpc) is 2.09. The maximum atomic E-state index is 5.75. The van der Waals surface area contributed by atoms with Crippen molar-refractivity contribution in [2.75, 3.05) is 0 Å². The molecule has 0 radical (unpaired) electrons. The minimum Gasteiger partial charge on any atom is -0.0843 e. The molecule has 1 aromatic rings. The van der Waals surface area contributed by atoms with Gasteiger partial charge in [0.2, 0.25) is 0 Å². The molecule has 0 aliphatic carbocycles. The van der Waals surface area contributed by atoms with Gasteiger partial charge in [-0.2, -0.15) is 0 Å². The summed E-state index contributed by atoms with van der Waals surface area (Å²) >= 11 is 5.75. The van der Waals surface area contributed by atoms with Crippen LogP contribution in [-0.2, 0) is 0 Å². The summed E-state index contributed by atoms with van der Waals surface area (Å²) in [6.07, 6.45) is 6.65. The SMILES string of the molecule is CCC/C=C\c1ccc(Cl)cc1. The lowest BCUT2D eigenvalue weighted by molar-refractivity contribution is 0.962. The molecular formula is C11H13Cl. The van der Waals surface area contributed by atoms with Crippen molar-refractivity contribution in [1.82, 2.24) is 0 Å². The molecule has 0 bridgehead atoms.